The largest absolute Gasteiger partial charge is 0.417 e. The molecule has 0 bridgehead atoms. The highest BCUT2D eigenvalue weighted by Gasteiger charge is 2.34. The third-order valence-corrected chi connectivity index (χ3v) is 5.08. The molecular weight excluding hydrogens is 408 g/mol. The van der Waals surface area contributed by atoms with Gasteiger partial charge in [-0.25, -0.2) is 9.37 Å². The smallest absolute Gasteiger partial charge is 0.299 e. The Balaban J connectivity index is 1.66. The van der Waals surface area contributed by atoms with E-state index < -0.39 is 11.7 Å². The summed E-state index contributed by atoms with van der Waals surface area (Å²) < 4.78 is 55.6. The monoisotopic (exact) mass is 422 g/mol. The number of pyridine rings is 1. The first-order valence-electron chi connectivity index (χ1n) is 9.35. The molecule has 4 nitrogen and oxygen atoms in total. The van der Waals surface area contributed by atoms with Crippen molar-refractivity contribution >= 4 is 5.65 Å². The third-order valence-electron chi connectivity index (χ3n) is 5.08. The zero-order chi connectivity index (χ0) is 21.6. The number of nitrogens with zero attached hydrogens (tertiary/aromatic N) is 3. The molecule has 8 heteroatoms. The average molecular weight is 422 g/mol. The summed E-state index contributed by atoms with van der Waals surface area (Å²) in [5.41, 5.74) is 2.95. The summed E-state index contributed by atoms with van der Waals surface area (Å²) in [6, 6.07) is 14.9. The number of aromatic nitrogens is 4. The van der Waals surface area contributed by atoms with E-state index in [4.69, 9.17) is 0 Å². The number of imidazole rings is 1. The van der Waals surface area contributed by atoms with E-state index in [2.05, 4.69) is 15.2 Å². The molecule has 2 aromatic carbocycles. The second kappa shape index (κ2) is 7.09. The lowest BCUT2D eigenvalue weighted by Gasteiger charge is -2.13. The lowest BCUT2D eigenvalue weighted by atomic mass is 10.0. The maximum atomic E-state index is 13.5. The highest BCUT2D eigenvalue weighted by atomic mass is 19.4. The van der Waals surface area contributed by atoms with Gasteiger partial charge in [-0.3, -0.25) is 9.50 Å². The van der Waals surface area contributed by atoms with Crippen LogP contribution in [0.2, 0.25) is 0 Å². The topological polar surface area (TPSA) is 46.0 Å². The summed E-state index contributed by atoms with van der Waals surface area (Å²) in [5, 5.41) is 7.08. The predicted molar refractivity (Wildman–Crippen MR) is 109 cm³/mol. The summed E-state index contributed by atoms with van der Waals surface area (Å²) in [6.07, 6.45) is 0.363. The molecule has 1 N–H and O–H groups in total. The number of benzene rings is 2. The van der Waals surface area contributed by atoms with Crippen molar-refractivity contribution < 1.29 is 17.6 Å². The van der Waals surface area contributed by atoms with Crippen LogP contribution in [0.3, 0.4) is 0 Å². The Morgan fingerprint density at radius 1 is 0.839 bits per heavy atom. The minimum absolute atomic E-state index is 0.0469. The zero-order valence-electron chi connectivity index (χ0n) is 15.9. The van der Waals surface area contributed by atoms with Gasteiger partial charge < -0.3 is 0 Å². The zero-order valence-corrected chi connectivity index (χ0v) is 15.9. The normalized spacial score (nSPS) is 11.9. The van der Waals surface area contributed by atoms with Crippen LogP contribution in [0.15, 0.2) is 79.3 Å². The Hall–Kier alpha value is -3.94. The van der Waals surface area contributed by atoms with Crippen LogP contribution in [-0.2, 0) is 6.18 Å². The molecule has 0 aliphatic heterocycles. The number of hydrogen-bond donors (Lipinski definition) is 1. The van der Waals surface area contributed by atoms with E-state index in [0.717, 1.165) is 17.2 Å². The Kier molecular flexibility index (Phi) is 4.35. The summed E-state index contributed by atoms with van der Waals surface area (Å²) in [5.74, 6) is -0.353. The maximum Gasteiger partial charge on any atom is 0.417 e. The molecule has 0 saturated carbocycles. The van der Waals surface area contributed by atoms with Gasteiger partial charge in [0, 0.05) is 34.6 Å². The summed E-state index contributed by atoms with van der Waals surface area (Å²) in [6.45, 7) is 0. The summed E-state index contributed by atoms with van der Waals surface area (Å²) in [4.78, 5) is 4.26. The molecule has 0 saturated heterocycles. The Labute approximate surface area is 173 Å². The molecule has 5 rings (SSSR count). The maximum absolute atomic E-state index is 13.5. The van der Waals surface area contributed by atoms with Crippen molar-refractivity contribution in [2.45, 2.75) is 6.18 Å². The molecule has 0 fully saturated rings. The van der Waals surface area contributed by atoms with Gasteiger partial charge in [-0.2, -0.15) is 18.3 Å². The number of fused-ring (bicyclic) bond motifs is 1. The standard InChI is InChI=1S/C23H14F4N4/c24-16-8-5-14(6-9-16)22-18(11-29-30-22)15-7-10-21-28-12-20(31(21)13-15)17-3-1-2-4-19(17)23(25,26)27/h1-13H,(H,29,30). The van der Waals surface area contributed by atoms with Gasteiger partial charge in [0.15, 0.2) is 0 Å². The molecule has 0 spiro atoms. The lowest BCUT2D eigenvalue weighted by molar-refractivity contribution is -0.137. The van der Waals surface area contributed by atoms with Crippen molar-refractivity contribution in [3.05, 3.63) is 90.6 Å². The fraction of sp³-hybridized carbons (Fsp3) is 0.0435. The molecular formula is C23H14F4N4. The Morgan fingerprint density at radius 2 is 1.58 bits per heavy atom. The number of rotatable bonds is 3. The van der Waals surface area contributed by atoms with Crippen LogP contribution >= 0.6 is 0 Å². The van der Waals surface area contributed by atoms with E-state index in [1.54, 1.807) is 41.1 Å². The number of nitrogens with one attached hydrogen (secondary N) is 1. The van der Waals surface area contributed by atoms with Crippen LogP contribution in [-0.4, -0.2) is 19.6 Å². The fourth-order valence-electron chi connectivity index (χ4n) is 3.63. The fourth-order valence-corrected chi connectivity index (χ4v) is 3.63. The van der Waals surface area contributed by atoms with E-state index in [-0.39, 0.29) is 11.4 Å². The van der Waals surface area contributed by atoms with E-state index in [9.17, 15) is 17.6 Å². The van der Waals surface area contributed by atoms with Gasteiger partial charge in [0.1, 0.15) is 11.5 Å². The number of hydrogen-bond acceptors (Lipinski definition) is 2. The predicted octanol–water partition coefficient (Wildman–Crippen LogP) is 6.22. The molecule has 154 valence electrons. The molecule has 5 aromatic rings. The molecule has 0 atom stereocenters. The first-order chi connectivity index (χ1) is 14.9. The highest BCUT2D eigenvalue weighted by Crippen LogP contribution is 2.38. The lowest BCUT2D eigenvalue weighted by Crippen LogP contribution is -2.07. The van der Waals surface area contributed by atoms with Gasteiger partial charge in [-0.05, 0) is 42.5 Å². The van der Waals surface area contributed by atoms with Crippen LogP contribution in [0.25, 0.3) is 39.3 Å². The van der Waals surface area contributed by atoms with Crippen LogP contribution < -0.4 is 0 Å². The van der Waals surface area contributed by atoms with E-state index in [1.165, 1.54) is 30.5 Å². The minimum Gasteiger partial charge on any atom is -0.299 e. The summed E-state index contributed by atoms with van der Waals surface area (Å²) >= 11 is 0. The molecule has 0 amide bonds. The third kappa shape index (κ3) is 3.35. The summed E-state index contributed by atoms with van der Waals surface area (Å²) in [7, 11) is 0. The Bertz CT molecular complexity index is 1380. The van der Waals surface area contributed by atoms with Crippen molar-refractivity contribution in [3.8, 4) is 33.6 Å². The number of alkyl halides is 3. The van der Waals surface area contributed by atoms with Crippen LogP contribution in [0.4, 0.5) is 17.6 Å². The molecule has 3 aromatic heterocycles. The van der Waals surface area contributed by atoms with Gasteiger partial charge in [0.25, 0.3) is 0 Å². The van der Waals surface area contributed by atoms with Gasteiger partial charge in [0.05, 0.1) is 23.1 Å². The SMILES string of the molecule is Fc1ccc(-c2n[nH]cc2-c2ccc3ncc(-c4ccccc4C(F)(F)F)n3c2)cc1. The molecule has 0 aliphatic rings. The van der Waals surface area contributed by atoms with Crippen molar-refractivity contribution in [2.24, 2.45) is 0 Å². The minimum atomic E-state index is -4.49. The van der Waals surface area contributed by atoms with Gasteiger partial charge in [0.2, 0.25) is 0 Å². The number of H-pyrrole nitrogens is 1. The highest BCUT2D eigenvalue weighted by molar-refractivity contribution is 5.81. The molecule has 3 heterocycles. The number of halogens is 4. The molecule has 31 heavy (non-hydrogen) atoms. The second-order valence-electron chi connectivity index (χ2n) is 6.99. The van der Waals surface area contributed by atoms with Crippen molar-refractivity contribution in [3.63, 3.8) is 0 Å². The molecule has 0 radical (unpaired) electrons. The Morgan fingerprint density at radius 3 is 2.35 bits per heavy atom. The quantitative estimate of drug-likeness (QED) is 0.351. The van der Waals surface area contributed by atoms with Crippen molar-refractivity contribution in [2.75, 3.05) is 0 Å². The first kappa shape index (κ1) is 19.0. The van der Waals surface area contributed by atoms with E-state index in [0.29, 0.717) is 22.6 Å². The van der Waals surface area contributed by atoms with E-state index in [1.807, 2.05) is 6.07 Å². The van der Waals surface area contributed by atoms with Crippen molar-refractivity contribution in [1.29, 1.82) is 0 Å². The van der Waals surface area contributed by atoms with Crippen molar-refractivity contribution in [1.82, 2.24) is 19.6 Å². The van der Waals surface area contributed by atoms with Gasteiger partial charge in [-0.15, -0.1) is 0 Å². The molecule has 0 unspecified atom stereocenters. The average Bonchev–Trinajstić information content (AvgIpc) is 3.40. The number of aromatic amines is 1. The van der Waals surface area contributed by atoms with Crippen LogP contribution in [0.1, 0.15) is 5.56 Å². The van der Waals surface area contributed by atoms with Gasteiger partial charge >= 0.3 is 6.18 Å². The van der Waals surface area contributed by atoms with Gasteiger partial charge in [-0.1, -0.05) is 18.2 Å². The van der Waals surface area contributed by atoms with Crippen LogP contribution in [0.5, 0.6) is 0 Å². The second-order valence-corrected chi connectivity index (χ2v) is 6.99. The first-order valence-corrected chi connectivity index (χ1v) is 9.35. The molecule has 0 aliphatic carbocycles. The van der Waals surface area contributed by atoms with Crippen LogP contribution in [0, 0.1) is 5.82 Å². The van der Waals surface area contributed by atoms with E-state index >= 15 is 0 Å².